The van der Waals surface area contributed by atoms with E-state index in [1.165, 1.54) is 0 Å². The molecule has 0 radical (unpaired) electrons. The van der Waals surface area contributed by atoms with E-state index in [1.54, 1.807) is 47.1 Å². The predicted molar refractivity (Wildman–Crippen MR) is 121 cm³/mol. The minimum atomic E-state index is -0.190. The first-order valence-electron chi connectivity index (χ1n) is 10.2. The number of nitrogens with zero attached hydrogens (tertiary/aromatic N) is 5. The summed E-state index contributed by atoms with van der Waals surface area (Å²) >= 11 is 1.62. The van der Waals surface area contributed by atoms with E-state index in [1.807, 2.05) is 40.4 Å². The Morgan fingerprint density at radius 3 is 2.78 bits per heavy atom. The van der Waals surface area contributed by atoms with Crippen LogP contribution in [-0.2, 0) is 17.9 Å². The molecular formula is C23H20N6O2S. The summed E-state index contributed by atoms with van der Waals surface area (Å²) in [6, 6.07) is 11.5. The largest absolute Gasteiger partial charge is 0.353 e. The number of benzene rings is 1. The molecule has 1 N–H and O–H groups in total. The smallest absolute Gasteiger partial charge is 0.254 e. The standard InChI is InChI=1S/C23H20N6O2S/c30-21(15-28-14-16-4-1-2-5-17(16)23(28)31)26-9-10-29-22(20-6-3-11-32-20)18(12-27-29)19-13-24-7-8-25-19/h1-8,11-13H,9-10,14-15H2,(H,26,30). The summed E-state index contributed by atoms with van der Waals surface area (Å²) in [5.74, 6) is -0.290. The Labute approximate surface area is 188 Å². The van der Waals surface area contributed by atoms with Gasteiger partial charge >= 0.3 is 0 Å². The second-order valence-electron chi connectivity index (χ2n) is 7.37. The molecule has 8 nitrogen and oxygen atoms in total. The van der Waals surface area contributed by atoms with Crippen LogP contribution in [0.3, 0.4) is 0 Å². The Morgan fingerprint density at radius 1 is 1.09 bits per heavy atom. The number of hydrogen-bond acceptors (Lipinski definition) is 6. The summed E-state index contributed by atoms with van der Waals surface area (Å²) in [5, 5.41) is 9.45. The van der Waals surface area contributed by atoms with Crippen molar-refractivity contribution < 1.29 is 9.59 Å². The van der Waals surface area contributed by atoms with Gasteiger partial charge in [0.15, 0.2) is 0 Å². The van der Waals surface area contributed by atoms with Crippen LogP contribution in [-0.4, -0.2) is 49.6 Å². The van der Waals surface area contributed by atoms with Crippen LogP contribution in [0, 0.1) is 0 Å². The van der Waals surface area contributed by atoms with Gasteiger partial charge in [0.25, 0.3) is 5.91 Å². The zero-order chi connectivity index (χ0) is 21.9. The molecule has 2 amide bonds. The molecule has 1 aromatic carbocycles. The highest BCUT2D eigenvalue weighted by Crippen LogP contribution is 2.33. The number of carbonyl (C=O) groups is 2. The van der Waals surface area contributed by atoms with E-state index in [2.05, 4.69) is 20.4 Å². The topological polar surface area (TPSA) is 93.0 Å². The maximum atomic E-state index is 12.5. The molecule has 0 aliphatic carbocycles. The molecule has 4 heterocycles. The summed E-state index contributed by atoms with van der Waals surface area (Å²) in [6.07, 6.45) is 6.78. The van der Waals surface area contributed by atoms with Crippen molar-refractivity contribution in [1.29, 1.82) is 0 Å². The molecule has 0 bridgehead atoms. The first kappa shape index (κ1) is 20.1. The van der Waals surface area contributed by atoms with E-state index in [0.29, 0.717) is 25.2 Å². The van der Waals surface area contributed by atoms with Crippen LogP contribution in [0.15, 0.2) is 66.6 Å². The van der Waals surface area contributed by atoms with E-state index < -0.39 is 0 Å². The molecule has 9 heteroatoms. The molecule has 4 aromatic rings. The van der Waals surface area contributed by atoms with E-state index in [4.69, 9.17) is 0 Å². The van der Waals surface area contributed by atoms with Crippen molar-refractivity contribution in [3.05, 3.63) is 77.7 Å². The van der Waals surface area contributed by atoms with Crippen molar-refractivity contribution in [2.75, 3.05) is 13.1 Å². The van der Waals surface area contributed by atoms with Crippen molar-refractivity contribution >= 4 is 23.2 Å². The maximum Gasteiger partial charge on any atom is 0.254 e. The van der Waals surface area contributed by atoms with Gasteiger partial charge in [0.1, 0.15) is 6.54 Å². The average molecular weight is 445 g/mol. The fraction of sp³-hybridized carbons (Fsp3) is 0.174. The molecule has 3 aromatic heterocycles. The van der Waals surface area contributed by atoms with E-state index in [-0.39, 0.29) is 18.4 Å². The van der Waals surface area contributed by atoms with E-state index >= 15 is 0 Å². The maximum absolute atomic E-state index is 12.5. The Morgan fingerprint density at radius 2 is 2.00 bits per heavy atom. The van der Waals surface area contributed by atoms with Gasteiger partial charge in [0, 0.05) is 36.6 Å². The number of thiophene rings is 1. The molecule has 0 atom stereocenters. The Kier molecular flexibility index (Phi) is 5.47. The van der Waals surface area contributed by atoms with Crippen molar-refractivity contribution in [2.24, 2.45) is 0 Å². The number of carbonyl (C=O) groups excluding carboxylic acids is 2. The van der Waals surface area contributed by atoms with Gasteiger partial charge in [-0.1, -0.05) is 24.3 Å². The first-order valence-corrected chi connectivity index (χ1v) is 11.1. The Balaban J connectivity index is 1.24. The Hall–Kier alpha value is -3.85. The zero-order valence-corrected chi connectivity index (χ0v) is 18.0. The summed E-state index contributed by atoms with van der Waals surface area (Å²) in [4.78, 5) is 36.1. The molecule has 0 saturated heterocycles. The second-order valence-corrected chi connectivity index (χ2v) is 8.31. The van der Waals surface area contributed by atoms with Crippen molar-refractivity contribution in [2.45, 2.75) is 13.1 Å². The molecule has 0 fully saturated rings. The van der Waals surface area contributed by atoms with Crippen LogP contribution in [0.5, 0.6) is 0 Å². The van der Waals surface area contributed by atoms with Crippen LogP contribution in [0.2, 0.25) is 0 Å². The Bertz CT molecular complexity index is 1250. The highest BCUT2D eigenvalue weighted by Gasteiger charge is 2.28. The molecule has 0 spiro atoms. The SMILES string of the molecule is O=C(CN1Cc2ccccc2C1=O)NCCn1ncc(-c2cnccn2)c1-c1cccs1. The summed E-state index contributed by atoms with van der Waals surface area (Å²) in [7, 11) is 0. The molecule has 0 unspecified atom stereocenters. The van der Waals surface area contributed by atoms with Crippen molar-refractivity contribution in [3.8, 4) is 21.8 Å². The number of nitrogens with one attached hydrogen (secondary N) is 1. The third-order valence-electron chi connectivity index (χ3n) is 5.31. The number of aromatic nitrogens is 4. The number of amides is 2. The van der Waals surface area contributed by atoms with Gasteiger partial charge in [-0.2, -0.15) is 5.10 Å². The highest BCUT2D eigenvalue weighted by atomic mass is 32.1. The number of hydrogen-bond donors (Lipinski definition) is 1. The van der Waals surface area contributed by atoms with Crippen LogP contribution >= 0.6 is 11.3 Å². The third-order valence-corrected chi connectivity index (χ3v) is 6.19. The molecule has 1 aliphatic rings. The molecule has 32 heavy (non-hydrogen) atoms. The lowest BCUT2D eigenvalue weighted by Crippen LogP contribution is -2.38. The van der Waals surface area contributed by atoms with Gasteiger partial charge in [-0.25, -0.2) is 0 Å². The van der Waals surface area contributed by atoms with Gasteiger partial charge in [-0.05, 0) is 23.1 Å². The number of rotatable bonds is 7. The second kappa shape index (κ2) is 8.72. The van der Waals surface area contributed by atoms with Gasteiger partial charge < -0.3 is 10.2 Å². The van der Waals surface area contributed by atoms with Gasteiger partial charge in [0.05, 0.1) is 35.2 Å². The van der Waals surface area contributed by atoms with Crippen LogP contribution in [0.4, 0.5) is 0 Å². The zero-order valence-electron chi connectivity index (χ0n) is 17.1. The minimum absolute atomic E-state index is 0.0370. The van der Waals surface area contributed by atoms with E-state index in [0.717, 1.165) is 27.4 Å². The minimum Gasteiger partial charge on any atom is -0.353 e. The van der Waals surface area contributed by atoms with Gasteiger partial charge in [0.2, 0.25) is 5.91 Å². The normalized spacial score (nSPS) is 12.8. The van der Waals surface area contributed by atoms with Crippen LogP contribution in [0.25, 0.3) is 21.8 Å². The molecule has 0 saturated carbocycles. The number of fused-ring (bicyclic) bond motifs is 1. The monoisotopic (exact) mass is 444 g/mol. The van der Waals surface area contributed by atoms with Crippen LogP contribution < -0.4 is 5.32 Å². The quantitative estimate of drug-likeness (QED) is 0.473. The molecular weight excluding hydrogens is 424 g/mol. The predicted octanol–water partition coefficient (Wildman–Crippen LogP) is 2.84. The van der Waals surface area contributed by atoms with E-state index in [9.17, 15) is 9.59 Å². The summed E-state index contributed by atoms with van der Waals surface area (Å²) < 4.78 is 1.87. The van der Waals surface area contributed by atoms with Crippen molar-refractivity contribution in [1.82, 2.24) is 30.0 Å². The summed E-state index contributed by atoms with van der Waals surface area (Å²) in [6.45, 7) is 1.39. The van der Waals surface area contributed by atoms with Crippen molar-refractivity contribution in [3.63, 3.8) is 0 Å². The highest BCUT2D eigenvalue weighted by molar-refractivity contribution is 7.13. The van der Waals surface area contributed by atoms with Gasteiger partial charge in [-0.3, -0.25) is 24.2 Å². The summed E-state index contributed by atoms with van der Waals surface area (Å²) in [5.41, 5.74) is 4.22. The lowest BCUT2D eigenvalue weighted by Gasteiger charge is -2.15. The molecule has 1 aliphatic heterocycles. The fourth-order valence-electron chi connectivity index (χ4n) is 3.83. The fourth-order valence-corrected chi connectivity index (χ4v) is 4.61. The third kappa shape index (κ3) is 3.90. The first-order chi connectivity index (χ1) is 15.7. The average Bonchev–Trinajstić information content (AvgIpc) is 3.54. The lowest BCUT2D eigenvalue weighted by molar-refractivity contribution is -0.121. The lowest BCUT2D eigenvalue weighted by atomic mass is 10.1. The molecule has 160 valence electrons. The van der Waals surface area contributed by atoms with Crippen LogP contribution in [0.1, 0.15) is 15.9 Å². The van der Waals surface area contributed by atoms with Gasteiger partial charge in [-0.15, -0.1) is 11.3 Å². The molecule has 5 rings (SSSR count).